The SMILES string of the molecule is CCCNC(=O)c1ccc(C)c(Nc2ncnn3cc(C(=O)N(C(=O)OCOP(=O)(O)O)C4CC4)c(C)c23)c1.Cc1ccc(C(=O)NC2=NCC=C2)cc1Nc1ncnn2cc(C(=O)N(C(=O)OCOP(=O)(O)O)C3CC3)c(C)c12.Cc1ccc(C(=O)NC2CC2)cc1Nc1ncnn2cc(C(=O)N(C(=O)OCOP(=O)(O)O)C3CC3)c(C)c12. The molecule has 0 spiro atoms. The van der Waals surface area contributed by atoms with Crippen molar-refractivity contribution >= 4 is 134 Å². The molecule has 3 aromatic carbocycles. The number of hydrogen-bond donors (Lipinski definition) is 12. The molecule has 14 rings (SSSR count). The number of amidine groups is 1. The van der Waals surface area contributed by atoms with E-state index in [2.05, 4.69) is 80.7 Å². The Kier molecular flexibility index (Phi) is 26.4. The van der Waals surface area contributed by atoms with Crippen molar-refractivity contribution in [1.82, 2.24) is 74.4 Å². The van der Waals surface area contributed by atoms with Crippen LogP contribution in [0.2, 0.25) is 0 Å². The highest BCUT2D eigenvalue weighted by Crippen LogP contribution is 2.41. The van der Waals surface area contributed by atoms with Crippen LogP contribution in [0.25, 0.3) is 16.6 Å². The molecule has 4 aliphatic carbocycles. The second-order valence-electron chi connectivity index (χ2n) is 27.9. The van der Waals surface area contributed by atoms with E-state index in [1.807, 2.05) is 45.9 Å². The number of carbonyl (C=O) groups excluding carboxylic acids is 9. The van der Waals surface area contributed by atoms with Gasteiger partial charge in [0.05, 0.1) is 23.2 Å². The van der Waals surface area contributed by atoms with Crippen molar-refractivity contribution < 1.29 is 114 Å². The number of carbonyl (C=O) groups is 9. The molecule has 12 N–H and O–H groups in total. The predicted molar refractivity (Wildman–Crippen MR) is 420 cm³/mol. The first-order valence-corrected chi connectivity index (χ1v) is 41.5. The third-order valence-electron chi connectivity index (χ3n) is 19.0. The molecular weight excluding hydrogens is 1620 g/mol. The molecule has 1 aliphatic heterocycles. The van der Waals surface area contributed by atoms with Crippen LogP contribution in [0.4, 0.5) is 48.9 Å². The van der Waals surface area contributed by atoms with Gasteiger partial charge in [0.2, 0.25) is 20.4 Å². The summed E-state index contributed by atoms with van der Waals surface area (Å²) in [5.41, 5.74) is 9.22. The summed E-state index contributed by atoms with van der Waals surface area (Å²) in [4.78, 5) is 189. The molecular formula is C73H82N19O24P3. The van der Waals surface area contributed by atoms with Gasteiger partial charge in [-0.3, -0.25) is 33.8 Å². The summed E-state index contributed by atoms with van der Waals surface area (Å²) < 4.78 is 63.8. The van der Waals surface area contributed by atoms with Crippen molar-refractivity contribution in [3.05, 3.63) is 171 Å². The van der Waals surface area contributed by atoms with E-state index in [4.69, 9.17) is 43.6 Å². The molecule has 9 aromatic rings. The number of amides is 9. The van der Waals surface area contributed by atoms with Gasteiger partial charge >= 0.3 is 41.7 Å². The van der Waals surface area contributed by atoms with E-state index < -0.39 is 98.0 Å². The van der Waals surface area contributed by atoms with Crippen LogP contribution in [0, 0.1) is 41.5 Å². The lowest BCUT2D eigenvalue weighted by atomic mass is 10.1. The van der Waals surface area contributed by atoms with Crippen molar-refractivity contribution in [3.63, 3.8) is 0 Å². The standard InChI is InChI=1S/C25H26N7O8P.C24H27N6O8P.C24H29N6O8P/c1-14-5-6-16(23(33)30-20-4-3-9-26-20)10-19(14)29-22-21-15(2)18(11-31(21)28-12-27-22)24(34)32(17-7-8-17)25(35)39-13-40-41(36,37)38;1-13-3-4-15(22(31)27-16-5-6-16)9-19(13)28-21-20-14(2)18(10-29(20)26-11-25-21)23(32)30(17-7-8-17)24(33)37-12-38-39(34,35)36;1-4-9-25-22(31)16-6-5-14(2)19(10-16)28-21-20-15(3)18(11-29(20)27-12-26-21)23(32)30(17-7-8-17)24(33)37-13-38-39(34,35)36/h3-6,10-12,17H,7-9,13H2,1-2H3,(H,26,30,33)(H,27,28,29)(H2,36,37,38);3-4,9-11,16-17H,5-8,12H2,1-2H3,(H,27,31)(H,25,26,28)(H2,34,35,36);5-6,10-12,17H,4,7-9,13H2,1-3H3,(H,25,31)(H,26,27,28)(H2,34,35,36). The number of fused-ring (bicyclic) bond motifs is 3. The summed E-state index contributed by atoms with van der Waals surface area (Å²) in [6.07, 6.45) is 14.8. The maximum absolute atomic E-state index is 13.5. The Morgan fingerprint density at radius 2 is 0.807 bits per heavy atom. The average Bonchev–Trinajstić information content (AvgIpc) is 1.64. The first kappa shape index (κ1) is 86.2. The van der Waals surface area contributed by atoms with Crippen LogP contribution in [0.1, 0.15) is 160 Å². The number of imide groups is 3. The summed E-state index contributed by atoms with van der Waals surface area (Å²) in [6.45, 7) is 10.7. The molecule has 43 nitrogen and oxygen atoms in total. The second-order valence-corrected chi connectivity index (χ2v) is 31.6. The smallest absolute Gasteiger partial charge is 0.421 e. The number of aliphatic imine (C=N–C) groups is 1. The minimum atomic E-state index is -4.86. The van der Waals surface area contributed by atoms with Gasteiger partial charge < -0.3 is 75.5 Å². The molecule has 0 radical (unpaired) electrons. The molecule has 0 bridgehead atoms. The fourth-order valence-electron chi connectivity index (χ4n) is 12.2. The maximum atomic E-state index is 13.5. The van der Waals surface area contributed by atoms with Crippen LogP contribution in [0.15, 0.2) is 109 Å². The third kappa shape index (κ3) is 21.8. The van der Waals surface area contributed by atoms with E-state index in [1.165, 1.54) is 51.1 Å². The third-order valence-corrected chi connectivity index (χ3v) is 20.3. The van der Waals surface area contributed by atoms with Gasteiger partial charge in [-0.05, 0) is 175 Å². The Hall–Kier alpha value is -12.1. The van der Waals surface area contributed by atoms with Gasteiger partial charge in [-0.1, -0.05) is 31.2 Å². The van der Waals surface area contributed by atoms with Gasteiger partial charge in [-0.25, -0.2) is 84.8 Å². The first-order chi connectivity index (χ1) is 56.5. The summed E-state index contributed by atoms with van der Waals surface area (Å²) in [5, 5.41) is 30.9. The highest BCUT2D eigenvalue weighted by atomic mass is 31.2. The Morgan fingerprint density at radius 3 is 1.11 bits per heavy atom. The van der Waals surface area contributed by atoms with Crippen LogP contribution in [0.5, 0.6) is 0 Å². The van der Waals surface area contributed by atoms with Crippen molar-refractivity contribution in [2.24, 2.45) is 4.99 Å². The minimum Gasteiger partial charge on any atom is -0.421 e. The fraction of sp³-hybridized carbons (Fsp3) is 0.342. The van der Waals surface area contributed by atoms with Crippen LogP contribution in [-0.4, -0.2) is 205 Å². The van der Waals surface area contributed by atoms with Crippen LogP contribution >= 0.6 is 23.5 Å². The van der Waals surface area contributed by atoms with E-state index in [0.717, 1.165) is 50.7 Å². The first-order valence-electron chi connectivity index (χ1n) is 36.9. The topological polar surface area (TPSA) is 566 Å². The summed E-state index contributed by atoms with van der Waals surface area (Å²) in [6, 6.07) is 14.7. The zero-order chi connectivity index (χ0) is 85.5. The summed E-state index contributed by atoms with van der Waals surface area (Å²) in [5.74, 6) is -1.03. The Bertz CT molecular complexity index is 5720. The lowest BCUT2D eigenvalue weighted by molar-refractivity contribution is 0.0170. The van der Waals surface area contributed by atoms with Crippen molar-refractivity contribution in [3.8, 4) is 0 Å². The van der Waals surface area contributed by atoms with Gasteiger partial charge in [0, 0.05) is 83.1 Å². The Balaban J connectivity index is 0.000000164. The fourth-order valence-corrected chi connectivity index (χ4v) is 12.7. The summed E-state index contributed by atoms with van der Waals surface area (Å²) in [7, 11) is -14.6. The molecule has 0 saturated heterocycles. The lowest BCUT2D eigenvalue weighted by Crippen LogP contribution is -2.39. The van der Waals surface area contributed by atoms with E-state index in [0.29, 0.717) is 142 Å². The zero-order valence-corrected chi connectivity index (χ0v) is 67.4. The molecule has 0 atom stereocenters. The molecule has 628 valence electrons. The summed E-state index contributed by atoms with van der Waals surface area (Å²) >= 11 is 0. The number of aryl methyl sites for hydroxylation is 6. The molecule has 46 heteroatoms. The second kappa shape index (κ2) is 36.4. The number of nitrogens with one attached hydrogen (secondary N) is 6. The minimum absolute atomic E-state index is 0.154. The Labute approximate surface area is 675 Å². The molecule has 119 heavy (non-hydrogen) atoms. The highest BCUT2D eigenvalue weighted by Gasteiger charge is 2.44. The number of ether oxygens (including phenoxy) is 3. The number of nitrogens with zero attached hydrogens (tertiary/aromatic N) is 13. The van der Waals surface area contributed by atoms with E-state index >= 15 is 0 Å². The van der Waals surface area contributed by atoms with Crippen LogP contribution in [-0.2, 0) is 41.5 Å². The van der Waals surface area contributed by atoms with Crippen LogP contribution < -0.4 is 31.9 Å². The molecule has 5 aliphatic rings. The number of aromatic nitrogens is 9. The number of benzene rings is 3. The number of anilines is 6. The normalized spacial score (nSPS) is 14.3. The van der Waals surface area contributed by atoms with E-state index in [9.17, 15) is 56.8 Å². The molecule has 4 fully saturated rings. The number of hydrogen-bond acceptors (Lipinski definition) is 28. The average molecular weight is 1700 g/mol. The largest absolute Gasteiger partial charge is 0.472 e. The molecule has 6 aromatic heterocycles. The predicted octanol–water partition coefficient (Wildman–Crippen LogP) is 8.42. The zero-order valence-electron chi connectivity index (χ0n) is 64.7. The molecule has 0 unspecified atom stereocenters. The van der Waals surface area contributed by atoms with Gasteiger partial charge in [0.25, 0.3) is 35.4 Å². The van der Waals surface area contributed by atoms with E-state index in [-0.39, 0.29) is 40.5 Å². The monoisotopic (exact) mass is 1700 g/mol. The van der Waals surface area contributed by atoms with Crippen molar-refractivity contribution in [2.75, 3.05) is 49.4 Å². The molecule has 7 heterocycles. The number of rotatable bonds is 27. The van der Waals surface area contributed by atoms with Gasteiger partial charge in [0.1, 0.15) is 41.4 Å². The maximum Gasteiger partial charge on any atom is 0.472 e. The van der Waals surface area contributed by atoms with Crippen molar-refractivity contribution in [2.45, 2.75) is 130 Å². The quantitative estimate of drug-likeness (QED) is 0.0130. The number of phosphoric acid groups is 3. The lowest BCUT2D eigenvalue weighted by Gasteiger charge is -2.19. The molecule has 9 amide bonds. The Morgan fingerprint density at radius 1 is 0.471 bits per heavy atom. The van der Waals surface area contributed by atoms with Gasteiger partial charge in [-0.15, -0.1) is 0 Å². The van der Waals surface area contributed by atoms with Gasteiger partial charge in [0.15, 0.2) is 17.5 Å². The number of phosphoric ester groups is 3. The van der Waals surface area contributed by atoms with Crippen molar-refractivity contribution in [1.29, 1.82) is 0 Å². The van der Waals surface area contributed by atoms with E-state index in [1.54, 1.807) is 69.3 Å². The highest BCUT2D eigenvalue weighted by molar-refractivity contribution is 7.46. The molecule has 4 saturated carbocycles. The van der Waals surface area contributed by atoms with Gasteiger partial charge in [-0.2, -0.15) is 15.3 Å². The van der Waals surface area contributed by atoms with Crippen LogP contribution in [0.3, 0.4) is 0 Å².